The second-order valence-corrected chi connectivity index (χ2v) is 3.97. The van der Waals surface area contributed by atoms with Crippen LogP contribution in [0.4, 0.5) is 0 Å². The molecule has 3 nitrogen and oxygen atoms in total. The van der Waals surface area contributed by atoms with Crippen LogP contribution in [0.2, 0.25) is 5.15 Å². The van der Waals surface area contributed by atoms with Crippen LogP contribution in [0.5, 0.6) is 0 Å². The summed E-state index contributed by atoms with van der Waals surface area (Å²) in [6.45, 7) is 0.647. The molecule has 0 spiro atoms. The Hall–Kier alpha value is -0.740. The van der Waals surface area contributed by atoms with Crippen LogP contribution in [0.15, 0.2) is 18.2 Å². The van der Waals surface area contributed by atoms with E-state index in [9.17, 15) is 4.79 Å². The van der Waals surface area contributed by atoms with Gasteiger partial charge < -0.3 is 5.32 Å². The first-order chi connectivity index (χ1) is 6.74. The highest BCUT2D eigenvalue weighted by atomic mass is 35.5. The number of halogens is 1. The number of hydrogen-bond acceptors (Lipinski definition) is 3. The van der Waals surface area contributed by atoms with E-state index in [0.29, 0.717) is 17.4 Å². The van der Waals surface area contributed by atoms with E-state index < -0.39 is 0 Å². The Morgan fingerprint density at radius 3 is 3.07 bits per heavy atom. The van der Waals surface area contributed by atoms with Gasteiger partial charge in [0.15, 0.2) is 0 Å². The zero-order valence-electron chi connectivity index (χ0n) is 7.79. The lowest BCUT2D eigenvalue weighted by molar-refractivity contribution is 0.0951. The molecule has 0 aliphatic rings. The second kappa shape index (κ2) is 5.88. The van der Waals surface area contributed by atoms with E-state index in [4.69, 9.17) is 11.6 Å². The highest BCUT2D eigenvalue weighted by Gasteiger charge is 2.05. The van der Waals surface area contributed by atoms with Crippen LogP contribution in [0.25, 0.3) is 0 Å². The molecule has 76 valence electrons. The summed E-state index contributed by atoms with van der Waals surface area (Å²) in [5.41, 5.74) is 0.360. The van der Waals surface area contributed by atoms with Crippen molar-refractivity contribution in [1.82, 2.24) is 10.3 Å². The van der Waals surface area contributed by atoms with Gasteiger partial charge in [0.05, 0.1) is 0 Å². The summed E-state index contributed by atoms with van der Waals surface area (Å²) in [5.74, 6) is 0.716. The number of thioether (sulfide) groups is 1. The van der Waals surface area contributed by atoms with E-state index in [1.54, 1.807) is 30.0 Å². The van der Waals surface area contributed by atoms with Gasteiger partial charge in [-0.1, -0.05) is 17.7 Å². The van der Waals surface area contributed by atoms with Crippen LogP contribution in [0.1, 0.15) is 10.5 Å². The number of pyridine rings is 1. The van der Waals surface area contributed by atoms with Gasteiger partial charge in [0.25, 0.3) is 5.91 Å². The van der Waals surface area contributed by atoms with Crippen LogP contribution in [-0.2, 0) is 0 Å². The van der Waals surface area contributed by atoms with E-state index in [-0.39, 0.29) is 5.91 Å². The smallest absolute Gasteiger partial charge is 0.269 e. The molecule has 0 saturated heterocycles. The number of nitrogens with zero attached hydrogens (tertiary/aromatic N) is 1. The Kier molecular flexibility index (Phi) is 4.76. The minimum absolute atomic E-state index is 0.179. The number of rotatable bonds is 4. The Morgan fingerprint density at radius 2 is 2.43 bits per heavy atom. The van der Waals surface area contributed by atoms with Crippen LogP contribution in [0, 0.1) is 0 Å². The second-order valence-electron chi connectivity index (χ2n) is 2.59. The number of hydrogen-bond donors (Lipinski definition) is 1. The van der Waals surface area contributed by atoms with E-state index in [1.807, 2.05) is 6.26 Å². The molecule has 0 radical (unpaired) electrons. The Morgan fingerprint density at radius 1 is 1.64 bits per heavy atom. The van der Waals surface area contributed by atoms with Gasteiger partial charge in [0, 0.05) is 12.3 Å². The summed E-state index contributed by atoms with van der Waals surface area (Å²) in [7, 11) is 0. The van der Waals surface area contributed by atoms with Crippen LogP contribution < -0.4 is 5.32 Å². The molecule has 0 aromatic carbocycles. The van der Waals surface area contributed by atoms with Gasteiger partial charge in [0.2, 0.25) is 0 Å². The lowest BCUT2D eigenvalue weighted by atomic mass is 10.3. The highest BCUT2D eigenvalue weighted by Crippen LogP contribution is 2.04. The van der Waals surface area contributed by atoms with Crippen molar-refractivity contribution in [2.45, 2.75) is 0 Å². The number of aromatic nitrogens is 1. The largest absolute Gasteiger partial charge is 0.350 e. The molecule has 0 aliphatic carbocycles. The molecule has 1 aromatic rings. The molecule has 1 amide bonds. The molecule has 1 N–H and O–H groups in total. The van der Waals surface area contributed by atoms with Crippen molar-refractivity contribution >= 4 is 29.3 Å². The zero-order chi connectivity index (χ0) is 10.4. The van der Waals surface area contributed by atoms with Crippen molar-refractivity contribution in [1.29, 1.82) is 0 Å². The topological polar surface area (TPSA) is 42.0 Å². The summed E-state index contributed by atoms with van der Waals surface area (Å²) in [6, 6.07) is 4.99. The predicted molar refractivity (Wildman–Crippen MR) is 60.0 cm³/mol. The zero-order valence-corrected chi connectivity index (χ0v) is 9.36. The molecule has 0 atom stereocenters. The van der Waals surface area contributed by atoms with E-state index in [0.717, 1.165) is 5.75 Å². The molecule has 0 aliphatic heterocycles. The van der Waals surface area contributed by atoms with E-state index >= 15 is 0 Å². The molecule has 1 heterocycles. The maximum atomic E-state index is 11.4. The minimum Gasteiger partial charge on any atom is -0.350 e. The Balaban J connectivity index is 2.52. The van der Waals surface area contributed by atoms with Gasteiger partial charge in [-0.2, -0.15) is 11.8 Å². The lowest BCUT2D eigenvalue weighted by Crippen LogP contribution is -2.26. The third-order valence-corrected chi connectivity index (χ3v) is 2.36. The van der Waals surface area contributed by atoms with E-state index in [2.05, 4.69) is 10.3 Å². The molecule has 0 unspecified atom stereocenters. The van der Waals surface area contributed by atoms with Crippen LogP contribution in [-0.4, -0.2) is 29.4 Å². The number of carbonyl (C=O) groups is 1. The Bertz CT molecular complexity index is 319. The molecule has 14 heavy (non-hydrogen) atoms. The number of carbonyl (C=O) groups excluding carboxylic acids is 1. The maximum absolute atomic E-state index is 11.4. The fraction of sp³-hybridized carbons (Fsp3) is 0.333. The first kappa shape index (κ1) is 11.3. The van der Waals surface area contributed by atoms with Gasteiger partial charge in [0.1, 0.15) is 10.8 Å². The fourth-order valence-electron chi connectivity index (χ4n) is 0.892. The van der Waals surface area contributed by atoms with Crippen LogP contribution in [0.3, 0.4) is 0 Å². The van der Waals surface area contributed by atoms with Crippen molar-refractivity contribution in [3.63, 3.8) is 0 Å². The van der Waals surface area contributed by atoms with Gasteiger partial charge >= 0.3 is 0 Å². The summed E-state index contributed by atoms with van der Waals surface area (Å²) in [4.78, 5) is 15.3. The molecule has 5 heteroatoms. The normalized spacial score (nSPS) is 9.86. The monoisotopic (exact) mass is 230 g/mol. The summed E-state index contributed by atoms with van der Waals surface area (Å²) < 4.78 is 0. The molecule has 1 rings (SSSR count). The standard InChI is InChI=1S/C9H11ClN2OS/c1-14-6-5-11-9(13)7-3-2-4-8(10)12-7/h2-4H,5-6H2,1H3,(H,11,13). The molecule has 0 bridgehead atoms. The molecular weight excluding hydrogens is 220 g/mol. The summed E-state index contributed by atoms with van der Waals surface area (Å²) in [5, 5.41) is 3.08. The van der Waals surface area contributed by atoms with Crippen molar-refractivity contribution in [2.75, 3.05) is 18.6 Å². The van der Waals surface area contributed by atoms with Gasteiger partial charge in [-0.05, 0) is 18.4 Å². The average molecular weight is 231 g/mol. The lowest BCUT2D eigenvalue weighted by Gasteiger charge is -2.02. The van der Waals surface area contributed by atoms with Gasteiger partial charge in [-0.3, -0.25) is 4.79 Å². The molecule has 1 aromatic heterocycles. The van der Waals surface area contributed by atoms with E-state index in [1.165, 1.54) is 0 Å². The number of amides is 1. The van der Waals surface area contributed by atoms with Gasteiger partial charge in [-0.15, -0.1) is 0 Å². The molecular formula is C9H11ClN2OS. The van der Waals surface area contributed by atoms with Crippen molar-refractivity contribution in [2.24, 2.45) is 0 Å². The van der Waals surface area contributed by atoms with Crippen molar-refractivity contribution in [3.8, 4) is 0 Å². The first-order valence-corrected chi connectivity index (χ1v) is 5.91. The summed E-state index contributed by atoms with van der Waals surface area (Å²) >= 11 is 7.34. The third kappa shape index (κ3) is 3.55. The molecule has 0 saturated carbocycles. The first-order valence-electron chi connectivity index (χ1n) is 4.13. The van der Waals surface area contributed by atoms with Crippen molar-refractivity contribution < 1.29 is 4.79 Å². The Labute approximate surface area is 92.2 Å². The SMILES string of the molecule is CSCCNC(=O)c1cccc(Cl)n1. The molecule has 0 fully saturated rings. The number of nitrogens with one attached hydrogen (secondary N) is 1. The van der Waals surface area contributed by atoms with Gasteiger partial charge in [-0.25, -0.2) is 4.98 Å². The quantitative estimate of drug-likeness (QED) is 0.634. The van der Waals surface area contributed by atoms with Crippen molar-refractivity contribution in [3.05, 3.63) is 29.0 Å². The maximum Gasteiger partial charge on any atom is 0.269 e. The highest BCUT2D eigenvalue weighted by molar-refractivity contribution is 7.98. The minimum atomic E-state index is -0.179. The third-order valence-electron chi connectivity index (χ3n) is 1.54. The average Bonchev–Trinajstić information content (AvgIpc) is 2.18. The fourth-order valence-corrected chi connectivity index (χ4v) is 1.36. The summed E-state index contributed by atoms with van der Waals surface area (Å²) in [6.07, 6.45) is 1.99. The van der Waals surface area contributed by atoms with Crippen LogP contribution >= 0.6 is 23.4 Å². The predicted octanol–water partition coefficient (Wildman–Crippen LogP) is 1.83.